The topological polar surface area (TPSA) is 198 Å². The minimum Gasteiger partial charge on any atom is -0.464 e. The number of carbonyl (C=O) groups excluding carboxylic acids is 4. The van der Waals surface area contributed by atoms with E-state index in [1.54, 1.807) is 11.3 Å². The molecule has 2 aromatic carbocycles. The highest BCUT2D eigenvalue weighted by atomic mass is 32.1. The molecule has 6 aromatic rings. The first kappa shape index (κ1) is 48.9. The zero-order valence-electron chi connectivity index (χ0n) is 42.2. The summed E-state index contributed by atoms with van der Waals surface area (Å²) in [5, 5.41) is 6.66. The van der Waals surface area contributed by atoms with Gasteiger partial charge in [0.1, 0.15) is 29.5 Å². The Morgan fingerprint density at radius 2 is 1.46 bits per heavy atom. The zero-order chi connectivity index (χ0) is 50.5. The van der Waals surface area contributed by atoms with Crippen molar-refractivity contribution in [2.75, 3.05) is 27.3 Å². The van der Waals surface area contributed by atoms with Gasteiger partial charge in [-0.3, -0.25) is 14.2 Å². The molecule has 8 atom stereocenters. The van der Waals surface area contributed by atoms with Crippen molar-refractivity contribution in [1.82, 2.24) is 44.9 Å². The van der Waals surface area contributed by atoms with Crippen LogP contribution in [0.2, 0.25) is 0 Å². The molecule has 17 nitrogen and oxygen atoms in total. The van der Waals surface area contributed by atoms with Gasteiger partial charge in [-0.25, -0.2) is 19.6 Å². The molecular weight excluding hydrogens is 935 g/mol. The molecule has 0 saturated carbocycles. The second-order valence-electron chi connectivity index (χ2n) is 20.2. The SMILES string of the molecule is CCc1ccc(C2Oc3cc(-c4cnc([C@@H]5CCCN5C(=O)C(NC(=O)OC)C(C)C)[nH]4)cc(C)c3-c3cc4cc(-c5cnc([C@@H]6CCCN6C(=O)C(NC(=O)OC)C6C[C@@H](C)O[C@@H](C)C6)[nH]5)ccc4n32)s1. The van der Waals surface area contributed by atoms with Gasteiger partial charge >= 0.3 is 12.2 Å². The van der Waals surface area contributed by atoms with Crippen molar-refractivity contribution in [2.24, 2.45) is 11.8 Å². The van der Waals surface area contributed by atoms with Crippen LogP contribution in [0.15, 0.2) is 60.9 Å². The van der Waals surface area contributed by atoms with Gasteiger partial charge in [0.05, 0.1) is 78.4 Å². The molecule has 3 fully saturated rings. The number of imidazole rings is 2. The number of carbonyl (C=O) groups is 4. The molecule has 380 valence electrons. The van der Waals surface area contributed by atoms with Crippen molar-refractivity contribution in [1.29, 1.82) is 0 Å². The summed E-state index contributed by atoms with van der Waals surface area (Å²) in [6, 6.07) is 15.3. The maximum atomic E-state index is 14.4. The third-order valence-corrected chi connectivity index (χ3v) is 16.2. The van der Waals surface area contributed by atoms with E-state index in [2.05, 4.69) is 87.5 Å². The molecular formula is C54H65N9O8S. The molecule has 10 rings (SSSR count). The molecule has 4 N–H and O–H groups in total. The van der Waals surface area contributed by atoms with Gasteiger partial charge in [-0.2, -0.15) is 0 Å². The van der Waals surface area contributed by atoms with E-state index in [1.165, 1.54) is 19.1 Å². The lowest BCUT2D eigenvalue weighted by atomic mass is 9.85. The number of aromatic nitrogens is 5. The molecule has 18 heteroatoms. The van der Waals surface area contributed by atoms with E-state index in [-0.39, 0.29) is 47.9 Å². The second kappa shape index (κ2) is 20.1. The number of amides is 4. The molecule has 4 unspecified atom stereocenters. The molecule has 4 aliphatic rings. The van der Waals surface area contributed by atoms with Crippen LogP contribution in [-0.2, 0) is 30.2 Å². The van der Waals surface area contributed by atoms with Crippen molar-refractivity contribution in [3.8, 4) is 39.5 Å². The smallest absolute Gasteiger partial charge is 0.407 e. The van der Waals surface area contributed by atoms with Crippen LogP contribution < -0.4 is 15.4 Å². The number of methoxy groups -OCH3 is 2. The number of ether oxygens (including phenoxy) is 4. The van der Waals surface area contributed by atoms with E-state index in [0.29, 0.717) is 37.6 Å². The van der Waals surface area contributed by atoms with E-state index < -0.39 is 30.5 Å². The van der Waals surface area contributed by atoms with E-state index in [0.717, 1.165) is 93.0 Å². The number of nitrogens with zero attached hydrogens (tertiary/aromatic N) is 5. The molecule has 0 radical (unpaired) electrons. The molecule has 0 bridgehead atoms. The van der Waals surface area contributed by atoms with Gasteiger partial charge in [-0.05, 0) is 126 Å². The average Bonchev–Trinajstić information content (AvgIpc) is 4.23. The lowest BCUT2D eigenvalue weighted by molar-refractivity contribution is -0.138. The summed E-state index contributed by atoms with van der Waals surface area (Å²) in [7, 11) is 2.61. The molecule has 3 saturated heterocycles. The van der Waals surface area contributed by atoms with Crippen molar-refractivity contribution >= 4 is 46.2 Å². The standard InChI is InChI=1S/C54H65N9O8S/c1-9-36-15-17-44(72-36)52-63-39-16-14-32(37-26-55-48(57-37)41-13-11-19-62(41)51(65)47(60-54(67)69-8)35-21-30(5)70-31(6)22-35)23-34(39)24-42(63)45-29(4)20-33(25-43(45)71-52)38-27-56-49(58-38)40-12-10-18-61(40)50(64)46(28(2)3)59-53(66)68-7/h14-17,20,23-28,30-31,35,40-41,46-47,52H,9-13,18-19,21-22H2,1-8H3,(H,55,57)(H,56,58)(H,59,66)(H,60,67)/t30-,31+,35?,40-,41-,46?,47?,52?/m0/s1. The van der Waals surface area contributed by atoms with Crippen molar-refractivity contribution < 1.29 is 38.1 Å². The van der Waals surface area contributed by atoms with Gasteiger partial charge < -0.3 is 49.3 Å². The number of thiophene rings is 1. The number of aromatic amines is 2. The molecule has 4 aromatic heterocycles. The maximum absolute atomic E-state index is 14.4. The number of alkyl carbamates (subject to hydrolysis) is 2. The lowest BCUT2D eigenvalue weighted by Crippen LogP contribution is -2.54. The van der Waals surface area contributed by atoms with Crippen LogP contribution in [0.1, 0.15) is 118 Å². The van der Waals surface area contributed by atoms with Crippen LogP contribution in [0, 0.1) is 18.8 Å². The van der Waals surface area contributed by atoms with Crippen LogP contribution >= 0.6 is 11.3 Å². The Bertz CT molecular complexity index is 3000. The Labute approximate surface area is 423 Å². The second-order valence-corrected chi connectivity index (χ2v) is 21.4. The van der Waals surface area contributed by atoms with Gasteiger partial charge in [-0.15, -0.1) is 11.3 Å². The number of likely N-dealkylation sites (tertiary alicyclic amines) is 2. The molecule has 72 heavy (non-hydrogen) atoms. The average molecular weight is 1000 g/mol. The Kier molecular flexibility index (Phi) is 13.7. The number of rotatable bonds is 12. The normalized spacial score (nSPS) is 22.6. The predicted molar refractivity (Wildman–Crippen MR) is 273 cm³/mol. The Morgan fingerprint density at radius 3 is 2.08 bits per heavy atom. The minimum absolute atomic E-state index is 0.0319. The van der Waals surface area contributed by atoms with Crippen LogP contribution in [0.5, 0.6) is 5.75 Å². The number of fused-ring (bicyclic) bond motifs is 5. The summed E-state index contributed by atoms with van der Waals surface area (Å²) in [4.78, 5) is 76.0. The number of aryl methyl sites for hydroxylation is 2. The van der Waals surface area contributed by atoms with Gasteiger partial charge in [-0.1, -0.05) is 26.8 Å². The highest BCUT2D eigenvalue weighted by molar-refractivity contribution is 7.12. The number of nitrogens with one attached hydrogen (secondary N) is 4. The van der Waals surface area contributed by atoms with Crippen molar-refractivity contribution in [3.63, 3.8) is 0 Å². The van der Waals surface area contributed by atoms with Gasteiger partial charge in [0, 0.05) is 40.0 Å². The monoisotopic (exact) mass is 999 g/mol. The minimum atomic E-state index is -0.742. The molecule has 8 heterocycles. The number of hydrogen-bond acceptors (Lipinski definition) is 11. The number of benzene rings is 2. The summed E-state index contributed by atoms with van der Waals surface area (Å²) >= 11 is 1.75. The predicted octanol–water partition coefficient (Wildman–Crippen LogP) is 9.60. The van der Waals surface area contributed by atoms with E-state index in [1.807, 2.05) is 49.9 Å². The summed E-state index contributed by atoms with van der Waals surface area (Å²) < 4.78 is 25.2. The summed E-state index contributed by atoms with van der Waals surface area (Å²) in [5.41, 5.74) is 7.64. The van der Waals surface area contributed by atoms with Crippen molar-refractivity contribution in [2.45, 2.75) is 129 Å². The first-order valence-corrected chi connectivity index (χ1v) is 26.2. The summed E-state index contributed by atoms with van der Waals surface area (Å²) in [6.45, 7) is 13.2. The first-order chi connectivity index (χ1) is 34.7. The lowest BCUT2D eigenvalue weighted by Gasteiger charge is -2.38. The Morgan fingerprint density at radius 1 is 0.819 bits per heavy atom. The summed E-state index contributed by atoms with van der Waals surface area (Å²) in [5.74, 6) is 1.65. The highest BCUT2D eigenvalue weighted by Gasteiger charge is 2.43. The van der Waals surface area contributed by atoms with Crippen LogP contribution in [0.25, 0.3) is 44.7 Å². The van der Waals surface area contributed by atoms with Crippen LogP contribution in [-0.4, -0.2) is 110 Å². The zero-order valence-corrected chi connectivity index (χ0v) is 43.1. The Hall–Kier alpha value is -6.66. The fourth-order valence-corrected chi connectivity index (χ4v) is 12.5. The quantitative estimate of drug-likeness (QED) is 0.0916. The molecule has 0 spiro atoms. The van der Waals surface area contributed by atoms with Gasteiger partial charge in [0.15, 0.2) is 0 Å². The third-order valence-electron chi connectivity index (χ3n) is 15.0. The fourth-order valence-electron chi connectivity index (χ4n) is 11.5. The largest absolute Gasteiger partial charge is 0.464 e. The van der Waals surface area contributed by atoms with E-state index >= 15 is 0 Å². The third kappa shape index (κ3) is 9.23. The van der Waals surface area contributed by atoms with Crippen LogP contribution in [0.4, 0.5) is 9.59 Å². The first-order valence-electron chi connectivity index (χ1n) is 25.3. The fraction of sp³-hybridized carbons (Fsp3) is 0.481. The van der Waals surface area contributed by atoms with Crippen LogP contribution in [0.3, 0.4) is 0 Å². The van der Waals surface area contributed by atoms with E-state index in [4.69, 9.17) is 28.9 Å². The summed E-state index contributed by atoms with van der Waals surface area (Å²) in [6.07, 6.45) is 7.29. The molecule has 4 amide bonds. The maximum Gasteiger partial charge on any atom is 0.407 e. The van der Waals surface area contributed by atoms with Gasteiger partial charge in [0.25, 0.3) is 0 Å². The number of H-pyrrole nitrogens is 2. The van der Waals surface area contributed by atoms with Gasteiger partial charge in [0.2, 0.25) is 18.0 Å². The van der Waals surface area contributed by atoms with E-state index in [9.17, 15) is 19.2 Å². The van der Waals surface area contributed by atoms with Crippen molar-refractivity contribution in [3.05, 3.63) is 87.9 Å². The molecule has 0 aliphatic carbocycles. The molecule has 4 aliphatic heterocycles. The number of hydrogen-bond donors (Lipinski definition) is 4. The highest BCUT2D eigenvalue weighted by Crippen LogP contribution is 2.49. The Balaban J connectivity index is 0.945.